The monoisotopic (exact) mass is 337 g/mol. The summed E-state index contributed by atoms with van der Waals surface area (Å²) in [6.45, 7) is -1.07. The van der Waals surface area contributed by atoms with Gasteiger partial charge in [-0.3, -0.25) is 4.79 Å². The van der Waals surface area contributed by atoms with Gasteiger partial charge in [0.15, 0.2) is 0 Å². The molecule has 122 valence electrons. The predicted octanol–water partition coefficient (Wildman–Crippen LogP) is 4.26. The molecule has 0 aliphatic rings. The van der Waals surface area contributed by atoms with Crippen molar-refractivity contribution in [2.45, 2.75) is 24.5 Å². The number of hydrogen-bond donors (Lipinski definition) is 1. The van der Waals surface area contributed by atoms with E-state index in [1.54, 1.807) is 19.1 Å². The molecule has 0 aromatic heterocycles. The molecule has 0 aliphatic carbocycles. The molecule has 0 bridgehead atoms. The van der Waals surface area contributed by atoms with Crippen LogP contribution in [0.4, 0.5) is 8.78 Å². The lowest BCUT2D eigenvalue weighted by Crippen LogP contribution is -2.28. The lowest BCUT2D eigenvalue weighted by Gasteiger charge is -2.15. The highest BCUT2D eigenvalue weighted by Gasteiger charge is 2.12. The van der Waals surface area contributed by atoms with Crippen molar-refractivity contribution < 1.29 is 18.3 Å². The number of alkyl halides is 2. The Morgan fingerprint density at radius 3 is 2.61 bits per heavy atom. The van der Waals surface area contributed by atoms with Gasteiger partial charge in [0, 0.05) is 4.90 Å². The molecule has 1 atom stereocenters. The maximum absolute atomic E-state index is 12.2. The van der Waals surface area contributed by atoms with Gasteiger partial charge in [0.2, 0.25) is 5.91 Å². The summed E-state index contributed by atoms with van der Waals surface area (Å²) < 4.78 is 28.8. The molecule has 2 aromatic rings. The molecule has 6 heteroatoms. The van der Waals surface area contributed by atoms with E-state index >= 15 is 0 Å². The quantitative estimate of drug-likeness (QED) is 0.767. The Kier molecular flexibility index (Phi) is 6.40. The van der Waals surface area contributed by atoms with Crippen molar-refractivity contribution in [1.82, 2.24) is 5.32 Å². The zero-order chi connectivity index (χ0) is 16.7. The molecule has 0 aliphatic heterocycles. The van der Waals surface area contributed by atoms with E-state index < -0.39 is 6.61 Å². The van der Waals surface area contributed by atoms with E-state index in [1.165, 1.54) is 23.9 Å². The first-order chi connectivity index (χ1) is 11.0. The minimum atomic E-state index is -2.86. The van der Waals surface area contributed by atoms with Crippen LogP contribution in [-0.4, -0.2) is 18.3 Å². The summed E-state index contributed by atoms with van der Waals surface area (Å²) in [7, 11) is 0. The van der Waals surface area contributed by atoms with Gasteiger partial charge in [-0.2, -0.15) is 8.78 Å². The van der Waals surface area contributed by atoms with E-state index in [9.17, 15) is 13.6 Å². The topological polar surface area (TPSA) is 38.3 Å². The summed E-state index contributed by atoms with van der Waals surface area (Å²) in [6.07, 6.45) is 0. The van der Waals surface area contributed by atoms with Crippen LogP contribution in [0.25, 0.3) is 0 Å². The molecule has 23 heavy (non-hydrogen) atoms. The van der Waals surface area contributed by atoms with Crippen molar-refractivity contribution in [1.29, 1.82) is 0 Å². The Labute approximate surface area is 138 Å². The highest BCUT2D eigenvalue weighted by molar-refractivity contribution is 8.00. The Hall–Kier alpha value is -2.08. The molecule has 1 N–H and O–H groups in total. The Morgan fingerprint density at radius 1 is 1.17 bits per heavy atom. The second-order valence-electron chi connectivity index (χ2n) is 4.84. The molecule has 0 radical (unpaired) electrons. The Morgan fingerprint density at radius 2 is 1.91 bits per heavy atom. The Bertz CT molecular complexity index is 638. The van der Waals surface area contributed by atoms with Gasteiger partial charge in [-0.05, 0) is 36.8 Å². The molecule has 0 spiro atoms. The van der Waals surface area contributed by atoms with Crippen LogP contribution < -0.4 is 10.1 Å². The van der Waals surface area contributed by atoms with Crippen LogP contribution in [0.15, 0.2) is 59.5 Å². The number of ether oxygens (including phenoxy) is 1. The van der Waals surface area contributed by atoms with Crippen molar-refractivity contribution in [3.05, 3.63) is 60.2 Å². The number of benzene rings is 2. The van der Waals surface area contributed by atoms with Gasteiger partial charge in [0.25, 0.3) is 0 Å². The Balaban J connectivity index is 1.88. The van der Waals surface area contributed by atoms with Crippen LogP contribution in [0.5, 0.6) is 5.75 Å². The molecule has 1 amide bonds. The number of thioether (sulfide) groups is 1. The van der Waals surface area contributed by atoms with Gasteiger partial charge < -0.3 is 10.1 Å². The first-order valence-corrected chi connectivity index (χ1v) is 8.05. The van der Waals surface area contributed by atoms with Gasteiger partial charge in [-0.1, -0.05) is 30.3 Å². The third kappa shape index (κ3) is 5.90. The number of rotatable bonds is 7. The van der Waals surface area contributed by atoms with Crippen molar-refractivity contribution in [2.24, 2.45) is 0 Å². The standard InChI is InChI=1S/C17H17F2NO2S/c1-12(13-6-5-7-14(10-13)22-17(18)19)20-16(21)11-23-15-8-3-2-4-9-15/h2-10,12,17H,11H2,1H3,(H,20,21)/t12-/m1/s1. The van der Waals surface area contributed by atoms with Crippen molar-refractivity contribution in [2.75, 3.05) is 5.75 Å². The van der Waals surface area contributed by atoms with Crippen LogP contribution in [0.2, 0.25) is 0 Å². The normalized spacial score (nSPS) is 12.0. The number of nitrogens with one attached hydrogen (secondary N) is 1. The maximum atomic E-state index is 12.2. The summed E-state index contributed by atoms with van der Waals surface area (Å²) in [5.74, 6) is 0.255. The summed E-state index contributed by atoms with van der Waals surface area (Å²) in [5.41, 5.74) is 0.709. The van der Waals surface area contributed by atoms with E-state index in [-0.39, 0.29) is 17.7 Å². The van der Waals surface area contributed by atoms with Crippen LogP contribution in [0.1, 0.15) is 18.5 Å². The number of halogens is 2. The second-order valence-corrected chi connectivity index (χ2v) is 5.89. The predicted molar refractivity (Wildman–Crippen MR) is 86.8 cm³/mol. The average Bonchev–Trinajstić information content (AvgIpc) is 2.53. The van der Waals surface area contributed by atoms with Crippen molar-refractivity contribution in [3.63, 3.8) is 0 Å². The van der Waals surface area contributed by atoms with E-state index in [4.69, 9.17) is 0 Å². The lowest BCUT2D eigenvalue weighted by atomic mass is 10.1. The van der Waals surface area contributed by atoms with E-state index in [0.717, 1.165) is 4.90 Å². The molecule has 0 saturated carbocycles. The smallest absolute Gasteiger partial charge is 0.387 e. The lowest BCUT2D eigenvalue weighted by molar-refractivity contribution is -0.119. The number of hydrogen-bond acceptors (Lipinski definition) is 3. The van der Waals surface area contributed by atoms with E-state index in [2.05, 4.69) is 10.1 Å². The minimum Gasteiger partial charge on any atom is -0.435 e. The van der Waals surface area contributed by atoms with E-state index in [0.29, 0.717) is 11.3 Å². The number of carbonyl (C=O) groups is 1. The zero-order valence-corrected chi connectivity index (χ0v) is 13.4. The van der Waals surface area contributed by atoms with Crippen LogP contribution in [-0.2, 0) is 4.79 Å². The molecule has 2 rings (SSSR count). The average molecular weight is 337 g/mol. The first-order valence-electron chi connectivity index (χ1n) is 7.06. The number of carbonyl (C=O) groups excluding carboxylic acids is 1. The molecular weight excluding hydrogens is 320 g/mol. The summed E-state index contributed by atoms with van der Waals surface area (Å²) in [5, 5.41) is 2.84. The SMILES string of the molecule is C[C@@H](NC(=O)CSc1ccccc1)c1cccc(OC(F)F)c1. The fraction of sp³-hybridized carbons (Fsp3) is 0.235. The van der Waals surface area contributed by atoms with Crippen LogP contribution >= 0.6 is 11.8 Å². The number of amides is 1. The molecule has 0 unspecified atom stereocenters. The van der Waals surface area contributed by atoms with Gasteiger partial charge in [-0.15, -0.1) is 11.8 Å². The molecule has 3 nitrogen and oxygen atoms in total. The fourth-order valence-electron chi connectivity index (χ4n) is 1.99. The second kappa shape index (κ2) is 8.53. The van der Waals surface area contributed by atoms with Crippen molar-refractivity contribution in [3.8, 4) is 5.75 Å². The largest absolute Gasteiger partial charge is 0.435 e. The third-order valence-electron chi connectivity index (χ3n) is 3.07. The summed E-state index contributed by atoms with van der Waals surface area (Å²) >= 11 is 1.44. The molecule has 0 fully saturated rings. The van der Waals surface area contributed by atoms with Gasteiger partial charge in [0.1, 0.15) is 5.75 Å². The molecule has 0 heterocycles. The highest BCUT2D eigenvalue weighted by Crippen LogP contribution is 2.21. The maximum Gasteiger partial charge on any atom is 0.387 e. The minimum absolute atomic E-state index is 0.0808. The molecule has 0 saturated heterocycles. The summed E-state index contributed by atoms with van der Waals surface area (Å²) in [6, 6.07) is 15.7. The fourth-order valence-corrected chi connectivity index (χ4v) is 2.72. The van der Waals surface area contributed by atoms with Gasteiger partial charge >= 0.3 is 6.61 Å². The highest BCUT2D eigenvalue weighted by atomic mass is 32.2. The third-order valence-corrected chi connectivity index (χ3v) is 4.09. The van der Waals surface area contributed by atoms with Gasteiger partial charge in [-0.25, -0.2) is 0 Å². The van der Waals surface area contributed by atoms with Crippen LogP contribution in [0.3, 0.4) is 0 Å². The summed E-state index contributed by atoms with van der Waals surface area (Å²) in [4.78, 5) is 13.0. The molecule has 2 aromatic carbocycles. The van der Waals surface area contributed by atoms with Crippen LogP contribution in [0, 0.1) is 0 Å². The first kappa shape index (κ1) is 17.3. The zero-order valence-electron chi connectivity index (χ0n) is 12.5. The van der Waals surface area contributed by atoms with Gasteiger partial charge in [0.05, 0.1) is 11.8 Å². The van der Waals surface area contributed by atoms with Crippen molar-refractivity contribution >= 4 is 17.7 Å². The molecular formula is C17H17F2NO2S. The van der Waals surface area contributed by atoms with E-state index in [1.807, 2.05) is 30.3 Å².